The van der Waals surface area contributed by atoms with Crippen molar-refractivity contribution in [2.45, 2.75) is 44.8 Å². The van der Waals surface area contributed by atoms with Crippen molar-refractivity contribution < 1.29 is 9.90 Å². The quantitative estimate of drug-likeness (QED) is 0.779. The van der Waals surface area contributed by atoms with Gasteiger partial charge in [-0.2, -0.15) is 5.10 Å². The summed E-state index contributed by atoms with van der Waals surface area (Å²) in [5.74, 6) is 0.410. The fraction of sp³-hybridized carbons (Fsp3) is 0.565. The van der Waals surface area contributed by atoms with Gasteiger partial charge in [0, 0.05) is 50.6 Å². The second-order valence-electron chi connectivity index (χ2n) is 8.96. The van der Waals surface area contributed by atoms with Crippen molar-refractivity contribution in [3.05, 3.63) is 47.0 Å². The summed E-state index contributed by atoms with van der Waals surface area (Å²) >= 11 is 0. The van der Waals surface area contributed by atoms with Gasteiger partial charge >= 0.3 is 0 Å². The number of nitrogens with zero attached hydrogens (tertiary/aromatic N) is 5. The van der Waals surface area contributed by atoms with Crippen LogP contribution in [0.1, 0.15) is 32.6 Å². The number of rotatable bonds is 5. The van der Waals surface area contributed by atoms with E-state index in [4.69, 9.17) is 0 Å². The van der Waals surface area contributed by atoms with E-state index in [0.29, 0.717) is 25.6 Å². The highest BCUT2D eigenvalue weighted by molar-refractivity contribution is 5.73. The lowest BCUT2D eigenvalue weighted by Gasteiger charge is -2.43. The van der Waals surface area contributed by atoms with E-state index in [1.807, 2.05) is 12.1 Å². The minimum atomic E-state index is -0.825. The Kier molecular flexibility index (Phi) is 6.48. The van der Waals surface area contributed by atoms with E-state index in [1.165, 1.54) is 0 Å². The zero-order valence-corrected chi connectivity index (χ0v) is 18.1. The van der Waals surface area contributed by atoms with Gasteiger partial charge in [0.1, 0.15) is 0 Å². The molecule has 2 saturated heterocycles. The lowest BCUT2D eigenvalue weighted by molar-refractivity contribution is -0.137. The van der Waals surface area contributed by atoms with Gasteiger partial charge in [0.25, 0.3) is 5.56 Å². The monoisotopic (exact) mass is 425 g/mol. The number of aliphatic hydroxyl groups is 1. The molecule has 0 aliphatic carbocycles. The van der Waals surface area contributed by atoms with Crippen LogP contribution in [-0.2, 0) is 11.3 Å². The Labute approximate surface area is 182 Å². The van der Waals surface area contributed by atoms with Gasteiger partial charge in [-0.25, -0.2) is 4.68 Å². The predicted molar refractivity (Wildman–Crippen MR) is 117 cm³/mol. The number of likely N-dealkylation sites (tertiary alicyclic amines) is 2. The average molecular weight is 426 g/mol. The molecular weight excluding hydrogens is 394 g/mol. The normalized spacial score (nSPS) is 23.1. The molecule has 1 N–H and O–H groups in total. The third-order valence-corrected chi connectivity index (χ3v) is 6.50. The molecule has 166 valence electrons. The molecule has 2 aromatic rings. The second kappa shape index (κ2) is 9.28. The van der Waals surface area contributed by atoms with E-state index in [9.17, 15) is 14.7 Å². The molecule has 0 bridgehead atoms. The van der Waals surface area contributed by atoms with Crippen molar-refractivity contribution in [1.82, 2.24) is 24.6 Å². The Morgan fingerprint density at radius 3 is 2.61 bits per heavy atom. The Bertz CT molecular complexity index is 955. The van der Waals surface area contributed by atoms with E-state index in [0.717, 1.165) is 56.6 Å². The number of amides is 1. The van der Waals surface area contributed by atoms with Crippen LogP contribution in [0.25, 0.3) is 11.3 Å². The number of pyridine rings is 1. The van der Waals surface area contributed by atoms with Crippen LogP contribution in [0.4, 0.5) is 0 Å². The molecule has 4 rings (SSSR count). The zero-order chi connectivity index (χ0) is 21.8. The summed E-state index contributed by atoms with van der Waals surface area (Å²) in [6, 6.07) is 7.11. The summed E-state index contributed by atoms with van der Waals surface area (Å²) in [4.78, 5) is 32.1. The first-order valence-corrected chi connectivity index (χ1v) is 11.1. The first kappa shape index (κ1) is 21.6. The third-order valence-electron chi connectivity index (χ3n) is 6.50. The number of aromatic nitrogens is 3. The fourth-order valence-corrected chi connectivity index (χ4v) is 4.75. The Hall–Kier alpha value is -2.58. The molecule has 0 spiro atoms. The lowest BCUT2D eigenvalue weighted by atomic mass is 9.90. The molecule has 2 aliphatic heterocycles. The van der Waals surface area contributed by atoms with Crippen LogP contribution in [0.3, 0.4) is 0 Å². The van der Waals surface area contributed by atoms with E-state index >= 15 is 0 Å². The first-order valence-electron chi connectivity index (χ1n) is 11.1. The van der Waals surface area contributed by atoms with Crippen LogP contribution >= 0.6 is 0 Å². The highest BCUT2D eigenvalue weighted by Crippen LogP contribution is 2.26. The van der Waals surface area contributed by atoms with Gasteiger partial charge in [0.2, 0.25) is 5.91 Å². The van der Waals surface area contributed by atoms with Gasteiger partial charge in [-0.05, 0) is 62.9 Å². The fourth-order valence-electron chi connectivity index (χ4n) is 4.75. The molecule has 2 fully saturated rings. The predicted octanol–water partition coefficient (Wildman–Crippen LogP) is 1.39. The van der Waals surface area contributed by atoms with Gasteiger partial charge in [-0.1, -0.05) is 0 Å². The molecule has 2 aliphatic rings. The minimum absolute atomic E-state index is 0.0313. The molecule has 0 saturated carbocycles. The Morgan fingerprint density at radius 1 is 1.16 bits per heavy atom. The van der Waals surface area contributed by atoms with Crippen molar-refractivity contribution in [1.29, 1.82) is 0 Å². The van der Waals surface area contributed by atoms with Crippen LogP contribution in [-0.4, -0.2) is 73.9 Å². The molecule has 1 amide bonds. The van der Waals surface area contributed by atoms with Crippen LogP contribution in [0, 0.1) is 5.92 Å². The summed E-state index contributed by atoms with van der Waals surface area (Å²) in [7, 11) is 0. The Morgan fingerprint density at radius 2 is 1.90 bits per heavy atom. The molecule has 0 radical (unpaired) electrons. The van der Waals surface area contributed by atoms with E-state index in [-0.39, 0.29) is 11.5 Å². The summed E-state index contributed by atoms with van der Waals surface area (Å²) < 4.78 is 1.58. The molecule has 2 aromatic heterocycles. The summed E-state index contributed by atoms with van der Waals surface area (Å²) in [5, 5.41) is 15.6. The van der Waals surface area contributed by atoms with E-state index in [2.05, 4.69) is 15.0 Å². The molecule has 8 nitrogen and oxygen atoms in total. The first-order chi connectivity index (χ1) is 14.9. The van der Waals surface area contributed by atoms with Crippen LogP contribution < -0.4 is 5.56 Å². The molecule has 1 atom stereocenters. The van der Waals surface area contributed by atoms with Crippen molar-refractivity contribution in [2.24, 2.45) is 5.92 Å². The van der Waals surface area contributed by atoms with Gasteiger partial charge in [-0.3, -0.25) is 14.6 Å². The number of carbonyl (C=O) groups is 1. The minimum Gasteiger partial charge on any atom is -0.387 e. The largest absolute Gasteiger partial charge is 0.387 e. The number of hydrogen-bond acceptors (Lipinski definition) is 6. The van der Waals surface area contributed by atoms with Gasteiger partial charge < -0.3 is 14.9 Å². The van der Waals surface area contributed by atoms with Gasteiger partial charge in [0.05, 0.1) is 17.8 Å². The van der Waals surface area contributed by atoms with Gasteiger partial charge in [-0.15, -0.1) is 0 Å². The highest BCUT2D eigenvalue weighted by atomic mass is 16.3. The number of hydrogen-bond donors (Lipinski definition) is 1. The molecule has 0 aromatic carbocycles. The molecule has 1 unspecified atom stereocenters. The Balaban J connectivity index is 1.33. The van der Waals surface area contributed by atoms with Crippen LogP contribution in [0.2, 0.25) is 0 Å². The highest BCUT2D eigenvalue weighted by Gasteiger charge is 2.36. The average Bonchev–Trinajstić information content (AvgIpc) is 2.77. The molecule has 4 heterocycles. The van der Waals surface area contributed by atoms with Crippen LogP contribution in [0.15, 0.2) is 41.5 Å². The van der Waals surface area contributed by atoms with Crippen molar-refractivity contribution in [2.75, 3.05) is 32.7 Å². The number of carbonyl (C=O) groups excluding carboxylic acids is 1. The van der Waals surface area contributed by atoms with Crippen molar-refractivity contribution >= 4 is 5.91 Å². The standard InChI is InChI=1S/C23H31N5O3/c1-18(29)27-12-2-9-23(31,17-27)16-26-13-7-19(8-14-26)15-28-22(30)4-3-21(25-28)20-5-10-24-11-6-20/h3-6,10-11,19,31H,2,7-9,12-17H2,1H3. The zero-order valence-electron chi connectivity index (χ0n) is 18.1. The van der Waals surface area contributed by atoms with Crippen LogP contribution in [0.5, 0.6) is 0 Å². The third kappa shape index (κ3) is 5.37. The van der Waals surface area contributed by atoms with Gasteiger partial charge in [0.15, 0.2) is 0 Å². The summed E-state index contributed by atoms with van der Waals surface area (Å²) in [5.41, 5.74) is 0.808. The topological polar surface area (TPSA) is 91.6 Å². The molecule has 8 heteroatoms. The van der Waals surface area contributed by atoms with Crippen molar-refractivity contribution in [3.63, 3.8) is 0 Å². The number of piperidine rings is 2. The summed E-state index contributed by atoms with van der Waals surface area (Å²) in [6.07, 6.45) is 6.93. The maximum Gasteiger partial charge on any atom is 0.266 e. The molecular formula is C23H31N5O3. The lowest BCUT2D eigenvalue weighted by Crippen LogP contribution is -2.56. The maximum absolute atomic E-state index is 12.3. The molecule has 31 heavy (non-hydrogen) atoms. The van der Waals surface area contributed by atoms with E-state index in [1.54, 1.807) is 41.0 Å². The van der Waals surface area contributed by atoms with Crippen molar-refractivity contribution in [3.8, 4) is 11.3 Å². The second-order valence-corrected chi connectivity index (χ2v) is 8.96. The smallest absolute Gasteiger partial charge is 0.266 e. The van der Waals surface area contributed by atoms with E-state index < -0.39 is 5.60 Å². The SMILES string of the molecule is CC(=O)N1CCCC(O)(CN2CCC(Cn3nc(-c4ccncc4)ccc3=O)CC2)C1. The maximum atomic E-state index is 12.3. The summed E-state index contributed by atoms with van der Waals surface area (Å²) in [6.45, 7) is 5.69. The number of β-amino-alcohol motifs (C(OH)–C–C–N with tert-alkyl or cyclic N) is 1.